The van der Waals surface area contributed by atoms with Gasteiger partial charge in [-0.25, -0.2) is 9.37 Å². The minimum Gasteiger partial charge on any atom is -0.381 e. The van der Waals surface area contributed by atoms with Crippen molar-refractivity contribution >= 4 is 27.8 Å². The number of carbonyl (C=O) groups excluding carboxylic acids is 1. The number of hydrogen-bond donors (Lipinski definition) is 2. The Balaban J connectivity index is 1.10. The molecule has 2 aliphatic rings. The molecule has 0 saturated heterocycles. The number of ether oxygens (including phenoxy) is 1. The van der Waals surface area contributed by atoms with E-state index in [1.165, 1.54) is 11.6 Å². The van der Waals surface area contributed by atoms with Crippen LogP contribution in [0.2, 0.25) is 0 Å². The zero-order valence-corrected chi connectivity index (χ0v) is 22.8. The molecule has 4 aromatic rings. The number of nitrogens with one attached hydrogen (secondary N) is 2. The second kappa shape index (κ2) is 11.0. The third-order valence-corrected chi connectivity index (χ3v) is 9.19. The molecule has 2 aromatic carbocycles. The molecule has 1 amide bonds. The van der Waals surface area contributed by atoms with Gasteiger partial charge in [0.2, 0.25) is 0 Å². The van der Waals surface area contributed by atoms with E-state index < -0.39 is 0 Å². The van der Waals surface area contributed by atoms with E-state index in [2.05, 4.69) is 28.3 Å². The van der Waals surface area contributed by atoms with Crippen molar-refractivity contribution in [1.29, 1.82) is 0 Å². The van der Waals surface area contributed by atoms with Gasteiger partial charge in [0.05, 0.1) is 22.7 Å². The topological polar surface area (TPSA) is 79.9 Å². The summed E-state index contributed by atoms with van der Waals surface area (Å²) in [5.41, 5.74) is 4.55. The maximum absolute atomic E-state index is 14.0. The Morgan fingerprint density at radius 1 is 1.00 bits per heavy atom. The first-order chi connectivity index (χ1) is 19.0. The van der Waals surface area contributed by atoms with Gasteiger partial charge in [-0.2, -0.15) is 0 Å². The summed E-state index contributed by atoms with van der Waals surface area (Å²) in [5.74, 6) is 1.99. The number of rotatable bonds is 6. The van der Waals surface area contributed by atoms with Crippen molar-refractivity contribution < 1.29 is 13.9 Å². The zero-order chi connectivity index (χ0) is 26.9. The van der Waals surface area contributed by atoms with Crippen molar-refractivity contribution in [2.75, 3.05) is 7.11 Å². The first-order valence-electron chi connectivity index (χ1n) is 14.4. The number of fused-ring (bicyclic) bond motifs is 2. The number of H-pyrrole nitrogens is 1. The predicted molar refractivity (Wildman–Crippen MR) is 151 cm³/mol. The molecule has 0 aliphatic heterocycles. The Morgan fingerprint density at radius 2 is 1.77 bits per heavy atom. The van der Waals surface area contributed by atoms with Crippen LogP contribution in [0.4, 0.5) is 4.39 Å². The van der Waals surface area contributed by atoms with Gasteiger partial charge in [-0.15, -0.1) is 0 Å². The monoisotopic (exact) mass is 528 g/mol. The first kappa shape index (κ1) is 25.9. The van der Waals surface area contributed by atoms with E-state index in [1.54, 1.807) is 19.2 Å². The van der Waals surface area contributed by atoms with Crippen molar-refractivity contribution in [2.45, 2.75) is 82.3 Å². The van der Waals surface area contributed by atoms with Crippen LogP contribution < -0.4 is 5.32 Å². The fourth-order valence-electron chi connectivity index (χ4n) is 6.75. The molecule has 0 bridgehead atoms. The van der Waals surface area contributed by atoms with Gasteiger partial charge in [0.1, 0.15) is 11.6 Å². The van der Waals surface area contributed by atoms with E-state index in [0.29, 0.717) is 29.4 Å². The first-order valence-corrected chi connectivity index (χ1v) is 14.4. The molecule has 6 nitrogen and oxygen atoms in total. The van der Waals surface area contributed by atoms with Gasteiger partial charge in [-0.1, -0.05) is 6.92 Å². The quantitative estimate of drug-likeness (QED) is 0.282. The molecule has 1 atom stereocenters. The van der Waals surface area contributed by atoms with Crippen molar-refractivity contribution in [1.82, 2.24) is 20.3 Å². The highest BCUT2D eigenvalue weighted by Crippen LogP contribution is 2.43. The van der Waals surface area contributed by atoms with Crippen LogP contribution in [0.3, 0.4) is 0 Å². The normalized spacial score (nSPS) is 24.6. The summed E-state index contributed by atoms with van der Waals surface area (Å²) in [6.07, 6.45) is 10.4. The fraction of sp³-hybridized carbons (Fsp3) is 0.469. The predicted octanol–water partition coefficient (Wildman–Crippen LogP) is 7.02. The summed E-state index contributed by atoms with van der Waals surface area (Å²) in [5, 5.41) is 4.14. The molecule has 2 fully saturated rings. The van der Waals surface area contributed by atoms with Gasteiger partial charge in [-0.3, -0.25) is 9.78 Å². The zero-order valence-electron chi connectivity index (χ0n) is 22.8. The number of nitrogens with zero attached hydrogens (tertiary/aromatic N) is 2. The molecule has 0 spiro atoms. The summed E-state index contributed by atoms with van der Waals surface area (Å²) in [6.45, 7) is 2.25. The number of aromatic amines is 1. The third kappa shape index (κ3) is 5.42. The second-order valence-electron chi connectivity index (χ2n) is 11.5. The average molecular weight is 529 g/mol. The van der Waals surface area contributed by atoms with Crippen LogP contribution in [-0.4, -0.2) is 40.1 Å². The minimum absolute atomic E-state index is 0.0243. The molecular weight excluding hydrogens is 491 g/mol. The number of benzene rings is 2. The fourth-order valence-corrected chi connectivity index (χ4v) is 6.75. The Labute approximate surface area is 228 Å². The Kier molecular flexibility index (Phi) is 7.34. The van der Waals surface area contributed by atoms with Crippen LogP contribution in [0.15, 0.2) is 48.7 Å². The lowest BCUT2D eigenvalue weighted by atomic mass is 9.73. The molecule has 2 N–H and O–H groups in total. The maximum atomic E-state index is 14.0. The summed E-state index contributed by atoms with van der Waals surface area (Å²) in [6, 6.07) is 12.9. The smallest absolute Gasteiger partial charge is 0.251 e. The van der Waals surface area contributed by atoms with Gasteiger partial charge >= 0.3 is 0 Å². The van der Waals surface area contributed by atoms with Gasteiger partial charge < -0.3 is 15.0 Å². The highest BCUT2D eigenvalue weighted by molar-refractivity contribution is 5.97. The summed E-state index contributed by atoms with van der Waals surface area (Å²) >= 11 is 0. The SMILES string of the molecule is COC1CCC(NC(=O)c2ccc3nc(C(C)C4CCC(c5ccnc6ccc(F)cc56)CC4)[nH]c3c2)CC1. The molecule has 2 aromatic heterocycles. The molecule has 2 saturated carbocycles. The number of hydrogen-bond acceptors (Lipinski definition) is 4. The van der Waals surface area contributed by atoms with Gasteiger partial charge in [0.15, 0.2) is 0 Å². The summed E-state index contributed by atoms with van der Waals surface area (Å²) in [4.78, 5) is 25.8. The van der Waals surface area contributed by atoms with Crippen LogP contribution in [0.25, 0.3) is 21.9 Å². The third-order valence-electron chi connectivity index (χ3n) is 9.19. The minimum atomic E-state index is -0.209. The van der Waals surface area contributed by atoms with E-state index in [1.807, 2.05) is 24.4 Å². The average Bonchev–Trinajstić information content (AvgIpc) is 3.40. The molecule has 6 rings (SSSR count). The van der Waals surface area contributed by atoms with E-state index >= 15 is 0 Å². The molecule has 2 heterocycles. The van der Waals surface area contributed by atoms with Crippen molar-refractivity contribution in [3.8, 4) is 0 Å². The number of aromatic nitrogens is 3. The molecule has 204 valence electrons. The lowest BCUT2D eigenvalue weighted by Gasteiger charge is -2.32. The Bertz CT molecular complexity index is 1470. The lowest BCUT2D eigenvalue weighted by molar-refractivity contribution is 0.0599. The number of halogens is 1. The van der Waals surface area contributed by atoms with E-state index in [4.69, 9.17) is 9.72 Å². The van der Waals surface area contributed by atoms with Crippen LogP contribution in [0.1, 0.15) is 91.9 Å². The maximum Gasteiger partial charge on any atom is 0.251 e. The van der Waals surface area contributed by atoms with Gasteiger partial charge in [0.25, 0.3) is 5.91 Å². The van der Waals surface area contributed by atoms with Gasteiger partial charge in [0, 0.05) is 36.2 Å². The number of imidazole rings is 1. The van der Waals surface area contributed by atoms with E-state index in [-0.39, 0.29) is 17.8 Å². The van der Waals surface area contributed by atoms with Gasteiger partial charge in [-0.05, 0) is 111 Å². The highest BCUT2D eigenvalue weighted by Gasteiger charge is 2.29. The molecular formula is C32H37FN4O2. The molecule has 39 heavy (non-hydrogen) atoms. The number of amides is 1. The molecule has 0 radical (unpaired) electrons. The molecule has 2 aliphatic carbocycles. The van der Waals surface area contributed by atoms with Crippen LogP contribution in [0.5, 0.6) is 0 Å². The number of methoxy groups -OCH3 is 1. The number of carbonyl (C=O) groups is 1. The van der Waals surface area contributed by atoms with Crippen molar-refractivity contribution in [2.24, 2.45) is 5.92 Å². The van der Waals surface area contributed by atoms with Crippen LogP contribution in [0, 0.1) is 11.7 Å². The van der Waals surface area contributed by atoms with E-state index in [0.717, 1.165) is 79.1 Å². The molecule has 7 heteroatoms. The van der Waals surface area contributed by atoms with E-state index in [9.17, 15) is 9.18 Å². The summed E-state index contributed by atoms with van der Waals surface area (Å²) < 4.78 is 19.4. The van der Waals surface area contributed by atoms with Crippen LogP contribution >= 0.6 is 0 Å². The standard InChI is InChI=1S/C32H37FN4O2/c1-19(20-3-5-21(6-4-20)26-15-16-34-28-14-8-23(33)18-27(26)28)31-36-29-13-7-22(17-30(29)37-31)32(38)35-24-9-11-25(39-2)12-10-24/h7-8,13-21,24-25H,3-6,9-12H2,1-2H3,(H,35,38)(H,36,37). The van der Waals surface area contributed by atoms with Crippen molar-refractivity contribution in [3.05, 3.63) is 71.4 Å². The van der Waals surface area contributed by atoms with Crippen LogP contribution in [-0.2, 0) is 4.74 Å². The summed E-state index contributed by atoms with van der Waals surface area (Å²) in [7, 11) is 1.76. The lowest BCUT2D eigenvalue weighted by Crippen LogP contribution is -2.38. The Hall–Kier alpha value is -3.32. The molecule has 1 unspecified atom stereocenters. The largest absolute Gasteiger partial charge is 0.381 e. The second-order valence-corrected chi connectivity index (χ2v) is 11.5. The Morgan fingerprint density at radius 3 is 2.54 bits per heavy atom. The highest BCUT2D eigenvalue weighted by atomic mass is 19.1. The van der Waals surface area contributed by atoms with Crippen molar-refractivity contribution in [3.63, 3.8) is 0 Å². The number of pyridine rings is 1.